The van der Waals surface area contributed by atoms with E-state index in [4.69, 9.17) is 0 Å². The number of nitrogens with one attached hydrogen (secondary N) is 1. The number of carbonyl (C=O) groups is 1. The van der Waals surface area contributed by atoms with Gasteiger partial charge in [-0.25, -0.2) is 8.42 Å². The van der Waals surface area contributed by atoms with E-state index in [2.05, 4.69) is 4.72 Å². The number of aryl methyl sites for hydroxylation is 1. The average molecular weight is 332 g/mol. The Morgan fingerprint density at radius 1 is 1.13 bits per heavy atom. The third-order valence-corrected chi connectivity index (χ3v) is 4.00. The van der Waals surface area contributed by atoms with Crippen LogP contribution in [-0.4, -0.2) is 27.1 Å². The van der Waals surface area contributed by atoms with E-state index < -0.39 is 10.0 Å². The van der Waals surface area contributed by atoms with E-state index >= 15 is 0 Å². The summed E-state index contributed by atoms with van der Waals surface area (Å²) in [5, 5.41) is 0. The van der Waals surface area contributed by atoms with Crippen molar-refractivity contribution in [2.75, 3.05) is 22.4 Å². The highest BCUT2D eigenvalue weighted by Gasteiger charge is 2.17. The maximum absolute atomic E-state index is 12.8. The van der Waals surface area contributed by atoms with Crippen LogP contribution in [0.5, 0.6) is 0 Å². The third kappa shape index (κ3) is 4.32. The van der Waals surface area contributed by atoms with Crippen LogP contribution in [0.15, 0.2) is 48.5 Å². The van der Waals surface area contributed by atoms with Crippen LogP contribution in [-0.2, 0) is 10.0 Å². The van der Waals surface area contributed by atoms with E-state index in [1.807, 2.05) is 37.3 Å². The average Bonchev–Trinajstić information content (AvgIpc) is 2.50. The first-order chi connectivity index (χ1) is 10.8. The van der Waals surface area contributed by atoms with Crippen molar-refractivity contribution in [2.45, 2.75) is 13.8 Å². The van der Waals surface area contributed by atoms with Crippen LogP contribution in [0.1, 0.15) is 22.8 Å². The number of benzene rings is 2. The Balaban J connectivity index is 2.37. The van der Waals surface area contributed by atoms with Gasteiger partial charge in [0.2, 0.25) is 10.0 Å². The molecule has 0 atom stereocenters. The molecule has 0 unspecified atom stereocenters. The second kappa shape index (κ2) is 6.83. The lowest BCUT2D eigenvalue weighted by Crippen LogP contribution is -2.30. The minimum Gasteiger partial charge on any atom is -0.309 e. The maximum atomic E-state index is 12.8. The van der Waals surface area contributed by atoms with Crippen molar-refractivity contribution in [3.63, 3.8) is 0 Å². The summed E-state index contributed by atoms with van der Waals surface area (Å²) in [6.07, 6.45) is 1.09. The monoisotopic (exact) mass is 332 g/mol. The summed E-state index contributed by atoms with van der Waals surface area (Å²) in [4.78, 5) is 14.4. The molecule has 2 aromatic rings. The molecule has 0 saturated carbocycles. The molecular weight excluding hydrogens is 312 g/mol. The van der Waals surface area contributed by atoms with Crippen LogP contribution in [0.25, 0.3) is 0 Å². The minimum absolute atomic E-state index is 0.171. The van der Waals surface area contributed by atoms with Gasteiger partial charge in [0.25, 0.3) is 5.91 Å². The zero-order valence-electron chi connectivity index (χ0n) is 13.4. The fraction of sp³-hybridized carbons (Fsp3) is 0.235. The van der Waals surface area contributed by atoms with Gasteiger partial charge in [-0.15, -0.1) is 0 Å². The van der Waals surface area contributed by atoms with Gasteiger partial charge in [0, 0.05) is 17.8 Å². The highest BCUT2D eigenvalue weighted by atomic mass is 32.2. The van der Waals surface area contributed by atoms with Gasteiger partial charge in [-0.1, -0.05) is 24.3 Å². The molecule has 6 heteroatoms. The zero-order chi connectivity index (χ0) is 17.0. The molecule has 1 amide bonds. The SMILES string of the molecule is CCN(C(=O)c1ccc(C)c(NS(C)(=O)=O)c1)c1ccccc1. The normalized spacial score (nSPS) is 11.1. The summed E-state index contributed by atoms with van der Waals surface area (Å²) in [5.41, 5.74) is 2.42. The second-order valence-corrected chi connectivity index (χ2v) is 7.04. The zero-order valence-corrected chi connectivity index (χ0v) is 14.2. The predicted molar refractivity (Wildman–Crippen MR) is 93.4 cm³/mol. The summed E-state index contributed by atoms with van der Waals surface area (Å²) in [6.45, 7) is 4.21. The van der Waals surface area contributed by atoms with Crippen molar-refractivity contribution in [1.29, 1.82) is 0 Å². The fourth-order valence-electron chi connectivity index (χ4n) is 2.27. The topological polar surface area (TPSA) is 66.5 Å². The maximum Gasteiger partial charge on any atom is 0.258 e. The molecular formula is C17H20N2O3S. The quantitative estimate of drug-likeness (QED) is 0.915. The molecule has 0 aromatic heterocycles. The second-order valence-electron chi connectivity index (χ2n) is 5.29. The molecule has 0 heterocycles. The molecule has 122 valence electrons. The molecule has 1 N–H and O–H groups in total. The van der Waals surface area contributed by atoms with Crippen molar-refractivity contribution in [3.8, 4) is 0 Å². The van der Waals surface area contributed by atoms with Crippen LogP contribution >= 0.6 is 0 Å². The summed E-state index contributed by atoms with van der Waals surface area (Å²) >= 11 is 0. The van der Waals surface area contributed by atoms with Gasteiger partial charge in [0.05, 0.1) is 11.9 Å². The Hall–Kier alpha value is -2.34. The molecule has 0 fully saturated rings. The Kier molecular flexibility index (Phi) is 5.05. The van der Waals surface area contributed by atoms with Crippen molar-refractivity contribution in [2.24, 2.45) is 0 Å². The summed E-state index contributed by atoms with van der Waals surface area (Å²) < 4.78 is 25.3. The number of nitrogens with zero attached hydrogens (tertiary/aromatic N) is 1. The summed E-state index contributed by atoms with van der Waals surface area (Å²) in [7, 11) is -3.40. The minimum atomic E-state index is -3.40. The Morgan fingerprint density at radius 2 is 1.78 bits per heavy atom. The smallest absolute Gasteiger partial charge is 0.258 e. The van der Waals surface area contributed by atoms with Crippen molar-refractivity contribution >= 4 is 27.3 Å². The summed E-state index contributed by atoms with van der Waals surface area (Å²) in [6, 6.07) is 14.4. The number of hydrogen-bond acceptors (Lipinski definition) is 3. The molecule has 2 rings (SSSR count). The van der Waals surface area contributed by atoms with E-state index in [1.165, 1.54) is 0 Å². The predicted octanol–water partition coefficient (Wildman–Crippen LogP) is 3.03. The first-order valence-corrected chi connectivity index (χ1v) is 9.16. The van der Waals surface area contributed by atoms with Gasteiger partial charge in [-0.05, 0) is 43.7 Å². The molecule has 0 bridgehead atoms. The molecule has 0 spiro atoms. The van der Waals surface area contributed by atoms with E-state index in [0.717, 1.165) is 17.5 Å². The first kappa shape index (κ1) is 17.0. The van der Waals surface area contributed by atoms with Crippen molar-refractivity contribution < 1.29 is 13.2 Å². The van der Waals surface area contributed by atoms with Gasteiger partial charge < -0.3 is 4.90 Å². The van der Waals surface area contributed by atoms with Crippen LogP contribution in [0.3, 0.4) is 0 Å². The number of rotatable bonds is 5. The molecule has 0 radical (unpaired) electrons. The Labute approximate surface area is 137 Å². The largest absolute Gasteiger partial charge is 0.309 e. The lowest BCUT2D eigenvalue weighted by molar-refractivity contribution is 0.0988. The molecule has 0 aliphatic carbocycles. The number of para-hydroxylation sites is 1. The number of carbonyl (C=O) groups excluding carboxylic acids is 1. The van der Waals surface area contributed by atoms with Gasteiger partial charge in [0.1, 0.15) is 0 Å². The van der Waals surface area contributed by atoms with E-state index in [9.17, 15) is 13.2 Å². The third-order valence-electron chi connectivity index (χ3n) is 3.41. The van der Waals surface area contributed by atoms with Gasteiger partial charge in [-0.2, -0.15) is 0 Å². The summed E-state index contributed by atoms with van der Waals surface area (Å²) in [5.74, 6) is -0.171. The van der Waals surface area contributed by atoms with E-state index in [1.54, 1.807) is 30.0 Å². The molecule has 5 nitrogen and oxygen atoms in total. The number of amides is 1. The highest BCUT2D eigenvalue weighted by molar-refractivity contribution is 7.92. The van der Waals surface area contributed by atoms with Crippen molar-refractivity contribution in [1.82, 2.24) is 0 Å². The number of hydrogen-bond donors (Lipinski definition) is 1. The molecule has 0 aliphatic rings. The number of sulfonamides is 1. The van der Waals surface area contributed by atoms with Crippen LogP contribution in [0, 0.1) is 6.92 Å². The standard InChI is InChI=1S/C17H20N2O3S/c1-4-19(15-8-6-5-7-9-15)17(20)14-11-10-13(2)16(12-14)18-23(3,21)22/h5-12,18H,4H2,1-3H3. The van der Waals surface area contributed by atoms with Crippen LogP contribution in [0.2, 0.25) is 0 Å². The van der Waals surface area contributed by atoms with Crippen LogP contribution in [0.4, 0.5) is 11.4 Å². The van der Waals surface area contributed by atoms with Crippen molar-refractivity contribution in [3.05, 3.63) is 59.7 Å². The molecule has 23 heavy (non-hydrogen) atoms. The molecule has 0 saturated heterocycles. The van der Waals surface area contributed by atoms with Gasteiger partial charge >= 0.3 is 0 Å². The Bertz CT molecular complexity index is 802. The fourth-order valence-corrected chi connectivity index (χ4v) is 2.89. The van der Waals surface area contributed by atoms with E-state index in [0.29, 0.717) is 17.8 Å². The molecule has 2 aromatic carbocycles. The van der Waals surface area contributed by atoms with Gasteiger partial charge in [0.15, 0.2) is 0 Å². The highest BCUT2D eigenvalue weighted by Crippen LogP contribution is 2.21. The van der Waals surface area contributed by atoms with E-state index in [-0.39, 0.29) is 5.91 Å². The first-order valence-electron chi connectivity index (χ1n) is 7.27. The Morgan fingerprint density at radius 3 is 2.35 bits per heavy atom. The lowest BCUT2D eigenvalue weighted by atomic mass is 10.1. The van der Waals surface area contributed by atoms with Crippen LogP contribution < -0.4 is 9.62 Å². The molecule has 0 aliphatic heterocycles. The lowest BCUT2D eigenvalue weighted by Gasteiger charge is -2.21. The number of anilines is 2. The van der Waals surface area contributed by atoms with Gasteiger partial charge in [-0.3, -0.25) is 9.52 Å².